The first-order chi connectivity index (χ1) is 6.86. The molecular formula is C12H18N2. The van der Waals surface area contributed by atoms with E-state index in [1.54, 1.807) is 0 Å². The van der Waals surface area contributed by atoms with Gasteiger partial charge < -0.3 is 0 Å². The summed E-state index contributed by atoms with van der Waals surface area (Å²) in [5.41, 5.74) is 6.25. The van der Waals surface area contributed by atoms with E-state index >= 15 is 0 Å². The minimum atomic E-state index is 1.03. The second-order valence-electron chi connectivity index (χ2n) is 3.96. The van der Waals surface area contributed by atoms with Gasteiger partial charge >= 0.3 is 0 Å². The Balaban J connectivity index is 1.99. The zero-order valence-electron chi connectivity index (χ0n) is 8.79. The van der Waals surface area contributed by atoms with E-state index in [2.05, 4.69) is 41.6 Å². The van der Waals surface area contributed by atoms with E-state index in [0.29, 0.717) is 0 Å². The molecule has 1 heterocycles. The molecule has 0 radical (unpaired) electrons. The topological polar surface area (TPSA) is 15.3 Å². The Morgan fingerprint density at radius 3 is 2.86 bits per heavy atom. The van der Waals surface area contributed by atoms with Crippen LogP contribution in [0.25, 0.3) is 0 Å². The molecule has 1 fully saturated rings. The van der Waals surface area contributed by atoms with Gasteiger partial charge in [-0.25, -0.2) is 5.01 Å². The maximum absolute atomic E-state index is 3.43. The average molecular weight is 190 g/mol. The molecule has 2 nitrogen and oxygen atoms in total. The van der Waals surface area contributed by atoms with E-state index in [0.717, 1.165) is 13.1 Å². The van der Waals surface area contributed by atoms with Crippen molar-refractivity contribution in [3.05, 3.63) is 35.4 Å². The Hall–Kier alpha value is -0.860. The third-order valence-corrected chi connectivity index (χ3v) is 2.81. The first kappa shape index (κ1) is 9.69. The van der Waals surface area contributed by atoms with Crippen LogP contribution in [0.15, 0.2) is 24.3 Å². The molecule has 0 aromatic heterocycles. The van der Waals surface area contributed by atoms with E-state index in [1.807, 2.05) is 0 Å². The summed E-state index contributed by atoms with van der Waals surface area (Å²) in [6.45, 7) is 5.52. The molecule has 1 aromatic carbocycles. The van der Waals surface area contributed by atoms with Crippen molar-refractivity contribution in [3.8, 4) is 0 Å². The molecule has 1 saturated heterocycles. The van der Waals surface area contributed by atoms with Gasteiger partial charge in [0.05, 0.1) is 0 Å². The molecule has 0 amide bonds. The van der Waals surface area contributed by atoms with E-state index in [9.17, 15) is 0 Å². The number of benzene rings is 1. The van der Waals surface area contributed by atoms with Crippen molar-refractivity contribution >= 4 is 0 Å². The molecule has 1 aromatic rings. The van der Waals surface area contributed by atoms with E-state index in [-0.39, 0.29) is 0 Å². The number of hydrazine groups is 1. The molecule has 2 heteroatoms. The lowest BCUT2D eigenvalue weighted by Crippen LogP contribution is -2.42. The van der Waals surface area contributed by atoms with Gasteiger partial charge in [-0.3, -0.25) is 5.43 Å². The van der Waals surface area contributed by atoms with Crippen molar-refractivity contribution in [3.63, 3.8) is 0 Å². The largest absolute Gasteiger partial charge is 0.255 e. The van der Waals surface area contributed by atoms with Crippen molar-refractivity contribution in [1.29, 1.82) is 0 Å². The van der Waals surface area contributed by atoms with Crippen LogP contribution in [-0.4, -0.2) is 18.1 Å². The minimum absolute atomic E-state index is 1.03. The SMILES string of the molecule is Cc1ccccc1CN1CCCCN1. The Kier molecular flexibility index (Phi) is 3.17. The molecule has 0 unspecified atom stereocenters. The van der Waals surface area contributed by atoms with Crippen LogP contribution in [0.5, 0.6) is 0 Å². The van der Waals surface area contributed by atoms with Crippen LogP contribution in [0, 0.1) is 6.92 Å². The highest BCUT2D eigenvalue weighted by Crippen LogP contribution is 2.11. The predicted molar refractivity (Wildman–Crippen MR) is 58.8 cm³/mol. The molecule has 0 bridgehead atoms. The van der Waals surface area contributed by atoms with Gasteiger partial charge in [-0.15, -0.1) is 0 Å². The zero-order chi connectivity index (χ0) is 9.80. The zero-order valence-corrected chi connectivity index (χ0v) is 8.79. The van der Waals surface area contributed by atoms with Crippen LogP contribution in [0.4, 0.5) is 0 Å². The number of aryl methyl sites for hydroxylation is 1. The standard InChI is InChI=1S/C12H18N2/c1-11-6-2-3-7-12(11)10-14-9-5-4-8-13-14/h2-3,6-7,13H,4-5,8-10H2,1H3. The van der Waals surface area contributed by atoms with Crippen molar-refractivity contribution in [2.45, 2.75) is 26.3 Å². The van der Waals surface area contributed by atoms with Gasteiger partial charge in [0.1, 0.15) is 0 Å². The van der Waals surface area contributed by atoms with Gasteiger partial charge in [0.15, 0.2) is 0 Å². The molecule has 76 valence electrons. The number of rotatable bonds is 2. The van der Waals surface area contributed by atoms with E-state index < -0.39 is 0 Å². The van der Waals surface area contributed by atoms with Gasteiger partial charge in [-0.1, -0.05) is 24.3 Å². The van der Waals surface area contributed by atoms with E-state index in [1.165, 1.54) is 30.5 Å². The summed E-state index contributed by atoms with van der Waals surface area (Å²) in [5.74, 6) is 0. The Morgan fingerprint density at radius 1 is 1.29 bits per heavy atom. The van der Waals surface area contributed by atoms with Crippen LogP contribution < -0.4 is 5.43 Å². The first-order valence-corrected chi connectivity index (χ1v) is 5.39. The summed E-state index contributed by atoms with van der Waals surface area (Å²) in [7, 11) is 0. The van der Waals surface area contributed by atoms with Crippen molar-refractivity contribution in [2.24, 2.45) is 0 Å². The Bertz CT molecular complexity index is 290. The molecule has 0 aliphatic carbocycles. The van der Waals surface area contributed by atoms with Crippen LogP contribution in [0.1, 0.15) is 24.0 Å². The molecule has 0 atom stereocenters. The fourth-order valence-corrected chi connectivity index (χ4v) is 1.87. The van der Waals surface area contributed by atoms with Gasteiger partial charge in [-0.05, 0) is 30.9 Å². The normalized spacial score (nSPS) is 18.4. The average Bonchev–Trinajstić information content (AvgIpc) is 2.23. The fraction of sp³-hybridized carbons (Fsp3) is 0.500. The molecule has 0 saturated carbocycles. The highest BCUT2D eigenvalue weighted by molar-refractivity contribution is 5.25. The van der Waals surface area contributed by atoms with Crippen molar-refractivity contribution < 1.29 is 0 Å². The fourth-order valence-electron chi connectivity index (χ4n) is 1.87. The maximum Gasteiger partial charge on any atom is 0.0384 e. The van der Waals surface area contributed by atoms with Crippen molar-refractivity contribution in [1.82, 2.24) is 10.4 Å². The number of hydrogen-bond donors (Lipinski definition) is 1. The van der Waals surface area contributed by atoms with Crippen molar-refractivity contribution in [2.75, 3.05) is 13.1 Å². The summed E-state index contributed by atoms with van der Waals surface area (Å²) in [5, 5.41) is 2.33. The molecule has 14 heavy (non-hydrogen) atoms. The Morgan fingerprint density at radius 2 is 2.14 bits per heavy atom. The molecular weight excluding hydrogens is 172 g/mol. The predicted octanol–water partition coefficient (Wildman–Crippen LogP) is 2.10. The third kappa shape index (κ3) is 2.34. The molecule has 1 aliphatic rings. The highest BCUT2D eigenvalue weighted by Gasteiger charge is 2.10. The molecule has 2 rings (SSSR count). The van der Waals surface area contributed by atoms with Gasteiger partial charge in [0.2, 0.25) is 0 Å². The molecule has 1 N–H and O–H groups in total. The van der Waals surface area contributed by atoms with Gasteiger partial charge in [-0.2, -0.15) is 0 Å². The van der Waals surface area contributed by atoms with Crippen LogP contribution in [-0.2, 0) is 6.54 Å². The summed E-state index contributed by atoms with van der Waals surface area (Å²) in [4.78, 5) is 0. The summed E-state index contributed by atoms with van der Waals surface area (Å²) >= 11 is 0. The monoisotopic (exact) mass is 190 g/mol. The number of hydrogen-bond acceptors (Lipinski definition) is 2. The van der Waals surface area contributed by atoms with Crippen LogP contribution in [0.3, 0.4) is 0 Å². The minimum Gasteiger partial charge on any atom is -0.255 e. The smallest absolute Gasteiger partial charge is 0.0384 e. The lowest BCUT2D eigenvalue weighted by atomic mass is 10.1. The first-order valence-electron chi connectivity index (χ1n) is 5.39. The summed E-state index contributed by atoms with van der Waals surface area (Å²) in [6.07, 6.45) is 2.63. The third-order valence-electron chi connectivity index (χ3n) is 2.81. The Labute approximate surface area is 85.9 Å². The summed E-state index contributed by atoms with van der Waals surface area (Å²) in [6, 6.07) is 8.61. The molecule has 0 spiro atoms. The lowest BCUT2D eigenvalue weighted by Gasteiger charge is -2.28. The second-order valence-corrected chi connectivity index (χ2v) is 3.96. The molecule has 1 aliphatic heterocycles. The highest BCUT2D eigenvalue weighted by atomic mass is 15.5. The van der Waals surface area contributed by atoms with Gasteiger partial charge in [0, 0.05) is 19.6 Å². The lowest BCUT2D eigenvalue weighted by molar-refractivity contribution is 0.144. The van der Waals surface area contributed by atoms with Crippen LogP contribution >= 0.6 is 0 Å². The van der Waals surface area contributed by atoms with Gasteiger partial charge in [0.25, 0.3) is 0 Å². The van der Waals surface area contributed by atoms with Crippen LogP contribution in [0.2, 0.25) is 0 Å². The number of nitrogens with zero attached hydrogens (tertiary/aromatic N) is 1. The number of nitrogens with one attached hydrogen (secondary N) is 1. The van der Waals surface area contributed by atoms with E-state index in [4.69, 9.17) is 0 Å². The second kappa shape index (κ2) is 4.58. The maximum atomic E-state index is 3.43. The summed E-state index contributed by atoms with van der Waals surface area (Å²) < 4.78 is 0. The quantitative estimate of drug-likeness (QED) is 0.768.